The topological polar surface area (TPSA) is 69.1 Å². The van der Waals surface area contributed by atoms with Gasteiger partial charge in [-0.1, -0.05) is 6.07 Å². The van der Waals surface area contributed by atoms with Gasteiger partial charge in [0, 0.05) is 6.20 Å². The summed E-state index contributed by atoms with van der Waals surface area (Å²) in [5.74, 6) is 0.659. The summed E-state index contributed by atoms with van der Waals surface area (Å²) in [6, 6.07) is 9.47. The van der Waals surface area contributed by atoms with E-state index in [2.05, 4.69) is 20.3 Å². The number of hydrogen-bond donors (Lipinski definition) is 0. The van der Waals surface area contributed by atoms with E-state index in [1.54, 1.807) is 12.4 Å². The predicted molar refractivity (Wildman–Crippen MR) is 70.1 cm³/mol. The maximum absolute atomic E-state index is 5.61. The first kappa shape index (κ1) is 11.7. The molecule has 7 heteroatoms. The molecule has 0 saturated carbocycles. The van der Waals surface area contributed by atoms with Crippen LogP contribution in [-0.2, 0) is 0 Å². The first-order valence-corrected chi connectivity index (χ1v) is 6.29. The minimum Gasteiger partial charge on any atom is -0.448 e. The summed E-state index contributed by atoms with van der Waals surface area (Å²) >= 11 is 1.46. The minimum absolute atomic E-state index is 0.659. The van der Waals surface area contributed by atoms with E-state index in [4.69, 9.17) is 4.42 Å². The fourth-order valence-corrected chi connectivity index (χ4v) is 2.09. The predicted octanol–water partition coefficient (Wildman–Crippen LogP) is 2.30. The van der Waals surface area contributed by atoms with Gasteiger partial charge in [-0.15, -0.1) is 10.2 Å². The Hall–Kier alpha value is -2.41. The van der Waals surface area contributed by atoms with Gasteiger partial charge in [-0.05, 0) is 36.0 Å². The van der Waals surface area contributed by atoms with Gasteiger partial charge in [-0.3, -0.25) is 0 Å². The molecule has 0 aromatic carbocycles. The number of furan rings is 1. The summed E-state index contributed by atoms with van der Waals surface area (Å²) in [5.41, 5.74) is 0. The summed E-state index contributed by atoms with van der Waals surface area (Å²) in [6.45, 7) is 0. The molecule has 0 radical (unpaired) electrons. The Labute approximate surface area is 113 Å². The molecular formula is C12H9N5OS. The monoisotopic (exact) mass is 271 g/mol. The van der Waals surface area contributed by atoms with Crippen LogP contribution in [0.15, 0.2) is 68.8 Å². The van der Waals surface area contributed by atoms with E-state index in [1.807, 2.05) is 30.3 Å². The fourth-order valence-electron chi connectivity index (χ4n) is 1.35. The van der Waals surface area contributed by atoms with Crippen LogP contribution in [0.3, 0.4) is 0 Å². The maximum Gasteiger partial charge on any atom is 0.167 e. The van der Waals surface area contributed by atoms with Gasteiger partial charge >= 0.3 is 0 Å². The molecule has 0 unspecified atom stereocenters. The highest BCUT2D eigenvalue weighted by molar-refractivity contribution is 7.99. The van der Waals surface area contributed by atoms with E-state index in [9.17, 15) is 0 Å². The third kappa shape index (κ3) is 3.08. The second-order valence-corrected chi connectivity index (χ2v) is 4.54. The number of aromatic nitrogens is 4. The molecule has 0 fully saturated rings. The van der Waals surface area contributed by atoms with E-state index in [1.165, 1.54) is 29.1 Å². The van der Waals surface area contributed by atoms with Crippen molar-refractivity contribution in [3.8, 4) is 0 Å². The molecule has 3 aromatic rings. The van der Waals surface area contributed by atoms with Crippen LogP contribution in [0.25, 0.3) is 0 Å². The van der Waals surface area contributed by atoms with Crippen molar-refractivity contribution in [2.45, 2.75) is 10.1 Å². The van der Waals surface area contributed by atoms with Gasteiger partial charge in [0.15, 0.2) is 5.09 Å². The van der Waals surface area contributed by atoms with Crippen molar-refractivity contribution < 1.29 is 4.42 Å². The van der Waals surface area contributed by atoms with E-state index in [0.717, 1.165) is 10.1 Å². The zero-order valence-corrected chi connectivity index (χ0v) is 10.6. The molecule has 0 spiro atoms. The van der Waals surface area contributed by atoms with Crippen molar-refractivity contribution in [2.24, 2.45) is 5.10 Å². The SMILES string of the molecule is C(=N\n1cnnc1)/c1ccc(Sc2ccccn2)o1. The summed E-state index contributed by atoms with van der Waals surface area (Å²) in [4.78, 5) is 4.22. The summed E-state index contributed by atoms with van der Waals surface area (Å²) in [5, 5.41) is 13.1. The fraction of sp³-hybridized carbons (Fsp3) is 0. The molecule has 0 aliphatic heterocycles. The van der Waals surface area contributed by atoms with Crippen molar-refractivity contribution in [1.82, 2.24) is 19.9 Å². The smallest absolute Gasteiger partial charge is 0.167 e. The van der Waals surface area contributed by atoms with E-state index in [0.29, 0.717) is 5.76 Å². The molecule has 0 aliphatic rings. The van der Waals surface area contributed by atoms with Crippen molar-refractivity contribution in [2.75, 3.05) is 0 Å². The average Bonchev–Trinajstić information content (AvgIpc) is 3.09. The van der Waals surface area contributed by atoms with E-state index >= 15 is 0 Å². The van der Waals surface area contributed by atoms with Crippen LogP contribution >= 0.6 is 11.8 Å². The van der Waals surface area contributed by atoms with Crippen molar-refractivity contribution in [1.29, 1.82) is 0 Å². The maximum atomic E-state index is 5.61. The normalized spacial score (nSPS) is 11.2. The zero-order chi connectivity index (χ0) is 12.9. The van der Waals surface area contributed by atoms with Gasteiger partial charge in [0.05, 0.1) is 6.21 Å². The lowest BCUT2D eigenvalue weighted by Crippen LogP contribution is -1.84. The van der Waals surface area contributed by atoms with E-state index < -0.39 is 0 Å². The highest BCUT2D eigenvalue weighted by atomic mass is 32.2. The molecule has 0 amide bonds. The lowest BCUT2D eigenvalue weighted by molar-refractivity contribution is 0.468. The lowest BCUT2D eigenvalue weighted by Gasteiger charge is -1.94. The molecule has 19 heavy (non-hydrogen) atoms. The minimum atomic E-state index is 0.659. The third-order valence-electron chi connectivity index (χ3n) is 2.17. The first-order valence-electron chi connectivity index (χ1n) is 5.48. The zero-order valence-electron chi connectivity index (χ0n) is 9.75. The van der Waals surface area contributed by atoms with Crippen LogP contribution < -0.4 is 0 Å². The molecule has 3 rings (SSSR count). The van der Waals surface area contributed by atoms with Gasteiger partial charge in [0.1, 0.15) is 23.4 Å². The molecule has 3 heterocycles. The van der Waals surface area contributed by atoms with Crippen LogP contribution in [0.5, 0.6) is 0 Å². The Bertz CT molecular complexity index is 663. The molecule has 0 bridgehead atoms. The van der Waals surface area contributed by atoms with Gasteiger partial charge in [-0.25, -0.2) is 9.66 Å². The molecule has 0 N–H and O–H groups in total. The summed E-state index contributed by atoms with van der Waals surface area (Å²) in [7, 11) is 0. The Morgan fingerprint density at radius 3 is 2.84 bits per heavy atom. The van der Waals surface area contributed by atoms with Crippen molar-refractivity contribution in [3.63, 3.8) is 0 Å². The summed E-state index contributed by atoms with van der Waals surface area (Å²) in [6.07, 6.45) is 6.36. The highest BCUT2D eigenvalue weighted by Gasteiger charge is 2.03. The molecule has 0 atom stereocenters. The Kier molecular flexibility index (Phi) is 3.37. The molecule has 0 aliphatic carbocycles. The van der Waals surface area contributed by atoms with Crippen LogP contribution in [0.1, 0.15) is 5.76 Å². The second-order valence-electron chi connectivity index (χ2n) is 3.51. The largest absolute Gasteiger partial charge is 0.448 e. The third-order valence-corrected chi connectivity index (χ3v) is 3.04. The lowest BCUT2D eigenvalue weighted by atomic mass is 10.5. The van der Waals surface area contributed by atoms with Crippen molar-refractivity contribution >= 4 is 18.0 Å². The van der Waals surface area contributed by atoms with Gasteiger partial charge in [-0.2, -0.15) is 5.10 Å². The van der Waals surface area contributed by atoms with Crippen molar-refractivity contribution in [3.05, 3.63) is 54.9 Å². The number of pyridine rings is 1. The van der Waals surface area contributed by atoms with Crippen LogP contribution in [0.2, 0.25) is 0 Å². The Balaban J connectivity index is 1.70. The molecule has 3 aromatic heterocycles. The second kappa shape index (κ2) is 5.49. The van der Waals surface area contributed by atoms with Crippen LogP contribution in [-0.4, -0.2) is 26.1 Å². The van der Waals surface area contributed by atoms with Gasteiger partial charge in [0.2, 0.25) is 0 Å². The molecule has 94 valence electrons. The Morgan fingerprint density at radius 2 is 2.05 bits per heavy atom. The Morgan fingerprint density at radius 1 is 1.16 bits per heavy atom. The average molecular weight is 271 g/mol. The first-order chi connectivity index (χ1) is 9.40. The van der Waals surface area contributed by atoms with Gasteiger partial charge in [0.25, 0.3) is 0 Å². The number of rotatable bonds is 4. The quantitative estimate of drug-likeness (QED) is 0.681. The van der Waals surface area contributed by atoms with Crippen LogP contribution in [0.4, 0.5) is 0 Å². The molecular weight excluding hydrogens is 262 g/mol. The highest BCUT2D eigenvalue weighted by Crippen LogP contribution is 2.26. The number of nitrogens with zero attached hydrogens (tertiary/aromatic N) is 5. The standard InChI is InChI=1S/C12H9N5OS/c1-2-6-13-11(3-1)19-12-5-4-10(18-12)7-16-17-8-14-15-9-17/h1-9H/b16-7+. The summed E-state index contributed by atoms with van der Waals surface area (Å²) < 4.78 is 7.10. The van der Waals surface area contributed by atoms with Crippen LogP contribution in [0, 0.1) is 0 Å². The van der Waals surface area contributed by atoms with Gasteiger partial charge < -0.3 is 4.42 Å². The number of hydrogen-bond acceptors (Lipinski definition) is 6. The molecule has 6 nitrogen and oxygen atoms in total. The molecule has 0 saturated heterocycles. The van der Waals surface area contributed by atoms with E-state index in [-0.39, 0.29) is 0 Å².